The first-order valence-corrected chi connectivity index (χ1v) is 7.37. The van der Waals surface area contributed by atoms with Crippen LogP contribution >= 0.6 is 0 Å². The molecule has 1 fully saturated rings. The van der Waals surface area contributed by atoms with Gasteiger partial charge in [0.15, 0.2) is 0 Å². The molecule has 1 saturated carbocycles. The molecular weight excluding hydrogens is 252 g/mol. The van der Waals surface area contributed by atoms with Crippen molar-refractivity contribution in [3.8, 4) is 0 Å². The van der Waals surface area contributed by atoms with Crippen molar-refractivity contribution in [3.63, 3.8) is 0 Å². The normalized spacial score (nSPS) is 30.2. The van der Waals surface area contributed by atoms with E-state index in [1.807, 2.05) is 24.9 Å². The minimum Gasteiger partial charge on any atom is -0.338 e. The molecule has 2 N–H and O–H groups in total. The van der Waals surface area contributed by atoms with Crippen molar-refractivity contribution >= 4 is 5.91 Å². The van der Waals surface area contributed by atoms with Gasteiger partial charge >= 0.3 is 0 Å². The largest absolute Gasteiger partial charge is 0.338 e. The summed E-state index contributed by atoms with van der Waals surface area (Å²) in [6, 6.07) is 0.140. The summed E-state index contributed by atoms with van der Waals surface area (Å²) in [4.78, 5) is 18.7. The summed E-state index contributed by atoms with van der Waals surface area (Å²) in [5.41, 5.74) is 6.14. The highest BCUT2D eigenvalue weighted by atomic mass is 16.2. The molecule has 4 unspecified atom stereocenters. The van der Waals surface area contributed by atoms with Crippen LogP contribution < -0.4 is 5.73 Å². The van der Waals surface area contributed by atoms with E-state index in [0.717, 1.165) is 18.7 Å². The summed E-state index contributed by atoms with van der Waals surface area (Å²) in [5, 5.41) is 0. The lowest BCUT2D eigenvalue weighted by molar-refractivity contribution is -0.138. The molecule has 0 saturated heterocycles. The number of amides is 1. The molecule has 1 amide bonds. The van der Waals surface area contributed by atoms with E-state index < -0.39 is 0 Å². The topological polar surface area (TPSA) is 64.2 Å². The van der Waals surface area contributed by atoms with Gasteiger partial charge in [0.1, 0.15) is 5.82 Å². The number of nitrogens with two attached hydrogens (primary N) is 1. The van der Waals surface area contributed by atoms with Crippen molar-refractivity contribution in [1.82, 2.24) is 14.5 Å². The maximum atomic E-state index is 12.6. The zero-order valence-electron chi connectivity index (χ0n) is 12.9. The van der Waals surface area contributed by atoms with Gasteiger partial charge in [-0.2, -0.15) is 0 Å². The third-order valence-electron chi connectivity index (χ3n) is 4.68. The molecule has 0 bridgehead atoms. The number of nitrogens with zero attached hydrogens (tertiary/aromatic N) is 3. The first kappa shape index (κ1) is 15.0. The van der Waals surface area contributed by atoms with Gasteiger partial charge in [-0.05, 0) is 24.7 Å². The van der Waals surface area contributed by atoms with E-state index in [0.29, 0.717) is 18.4 Å². The fraction of sp³-hybridized carbons (Fsp3) is 0.733. The van der Waals surface area contributed by atoms with E-state index in [4.69, 9.17) is 5.73 Å². The van der Waals surface area contributed by atoms with Gasteiger partial charge in [0.2, 0.25) is 5.91 Å². The maximum Gasteiger partial charge on any atom is 0.226 e. The smallest absolute Gasteiger partial charge is 0.226 e. The number of aromatic nitrogens is 2. The molecule has 112 valence electrons. The summed E-state index contributed by atoms with van der Waals surface area (Å²) in [6.45, 7) is 4.90. The predicted octanol–water partition coefficient (Wildman–Crippen LogP) is 1.39. The van der Waals surface area contributed by atoms with E-state index in [2.05, 4.69) is 18.8 Å². The molecule has 0 aliphatic heterocycles. The summed E-state index contributed by atoms with van der Waals surface area (Å²) in [6.07, 6.45) is 5.49. The molecule has 1 aliphatic rings. The van der Waals surface area contributed by atoms with Crippen LogP contribution in [0.1, 0.15) is 32.5 Å². The van der Waals surface area contributed by atoms with Gasteiger partial charge < -0.3 is 15.2 Å². The minimum absolute atomic E-state index is 0.0477. The lowest BCUT2D eigenvalue weighted by Crippen LogP contribution is -2.45. The summed E-state index contributed by atoms with van der Waals surface area (Å²) >= 11 is 0. The van der Waals surface area contributed by atoms with Crippen LogP contribution in [0.25, 0.3) is 0 Å². The van der Waals surface area contributed by atoms with Crippen molar-refractivity contribution in [3.05, 3.63) is 18.2 Å². The SMILES string of the molecule is CC1CC(C)C(C(=O)N(C)Cc2nccn2C)CC1N. The molecule has 1 aromatic rings. The Balaban J connectivity index is 2.01. The van der Waals surface area contributed by atoms with E-state index in [-0.39, 0.29) is 17.9 Å². The number of carbonyl (C=O) groups excluding carboxylic acids is 1. The monoisotopic (exact) mass is 278 g/mol. The number of aryl methyl sites for hydroxylation is 1. The van der Waals surface area contributed by atoms with Crippen LogP contribution in [0.5, 0.6) is 0 Å². The van der Waals surface area contributed by atoms with Crippen molar-refractivity contribution in [1.29, 1.82) is 0 Å². The van der Waals surface area contributed by atoms with Crippen LogP contribution in [-0.2, 0) is 18.4 Å². The summed E-state index contributed by atoms with van der Waals surface area (Å²) < 4.78 is 1.95. The average molecular weight is 278 g/mol. The first-order chi connectivity index (χ1) is 9.40. The van der Waals surface area contributed by atoms with E-state index in [9.17, 15) is 4.79 Å². The molecule has 0 aromatic carbocycles. The number of imidazole rings is 1. The van der Waals surface area contributed by atoms with E-state index in [1.165, 1.54) is 0 Å². The van der Waals surface area contributed by atoms with Crippen LogP contribution in [-0.4, -0.2) is 33.4 Å². The van der Waals surface area contributed by atoms with Crippen LogP contribution in [0.15, 0.2) is 12.4 Å². The predicted molar refractivity (Wildman–Crippen MR) is 78.7 cm³/mol. The average Bonchev–Trinajstić information content (AvgIpc) is 2.78. The van der Waals surface area contributed by atoms with Crippen LogP contribution in [0, 0.1) is 17.8 Å². The molecule has 20 heavy (non-hydrogen) atoms. The molecule has 0 spiro atoms. The lowest BCUT2D eigenvalue weighted by atomic mass is 9.72. The Kier molecular flexibility index (Phi) is 4.48. The second kappa shape index (κ2) is 5.95. The molecule has 4 atom stereocenters. The Bertz CT molecular complexity index is 470. The van der Waals surface area contributed by atoms with Gasteiger partial charge in [-0.3, -0.25) is 4.79 Å². The standard InChI is InChI=1S/C15H26N4O/c1-10-7-11(2)13(16)8-12(10)15(20)19(4)9-14-17-5-6-18(14)3/h5-6,10-13H,7-9,16H2,1-4H3. The van der Waals surface area contributed by atoms with Crippen molar-refractivity contribution in [2.24, 2.45) is 30.5 Å². The molecule has 1 aromatic heterocycles. The van der Waals surface area contributed by atoms with Gasteiger partial charge in [0.25, 0.3) is 0 Å². The molecule has 0 radical (unpaired) electrons. The maximum absolute atomic E-state index is 12.6. The highest BCUT2D eigenvalue weighted by molar-refractivity contribution is 5.79. The number of hydrogen-bond donors (Lipinski definition) is 1. The quantitative estimate of drug-likeness (QED) is 0.908. The highest BCUT2D eigenvalue weighted by Crippen LogP contribution is 2.34. The van der Waals surface area contributed by atoms with Crippen molar-refractivity contribution in [2.75, 3.05) is 7.05 Å². The Morgan fingerprint density at radius 2 is 2.15 bits per heavy atom. The van der Waals surface area contributed by atoms with Gasteiger partial charge in [0.05, 0.1) is 6.54 Å². The van der Waals surface area contributed by atoms with Gasteiger partial charge in [0, 0.05) is 38.4 Å². The summed E-state index contributed by atoms with van der Waals surface area (Å²) in [5.74, 6) is 2.06. The summed E-state index contributed by atoms with van der Waals surface area (Å²) in [7, 11) is 3.80. The number of carbonyl (C=O) groups is 1. The van der Waals surface area contributed by atoms with Gasteiger partial charge in [-0.15, -0.1) is 0 Å². The van der Waals surface area contributed by atoms with Crippen LogP contribution in [0.4, 0.5) is 0 Å². The van der Waals surface area contributed by atoms with Crippen molar-refractivity contribution < 1.29 is 4.79 Å². The molecule has 2 rings (SSSR count). The van der Waals surface area contributed by atoms with E-state index in [1.54, 1.807) is 11.1 Å². The third kappa shape index (κ3) is 3.03. The fourth-order valence-electron chi connectivity index (χ4n) is 3.15. The van der Waals surface area contributed by atoms with Crippen LogP contribution in [0.2, 0.25) is 0 Å². The third-order valence-corrected chi connectivity index (χ3v) is 4.68. The Labute approximate surface area is 121 Å². The Morgan fingerprint density at radius 1 is 1.45 bits per heavy atom. The zero-order valence-corrected chi connectivity index (χ0v) is 12.9. The zero-order chi connectivity index (χ0) is 14.9. The molecular formula is C15H26N4O. The Morgan fingerprint density at radius 3 is 2.75 bits per heavy atom. The van der Waals surface area contributed by atoms with Gasteiger partial charge in [-0.1, -0.05) is 13.8 Å². The Hall–Kier alpha value is -1.36. The first-order valence-electron chi connectivity index (χ1n) is 7.37. The van der Waals surface area contributed by atoms with Crippen molar-refractivity contribution in [2.45, 2.75) is 39.3 Å². The molecule has 1 heterocycles. The molecule has 5 heteroatoms. The number of hydrogen-bond acceptors (Lipinski definition) is 3. The second-order valence-corrected chi connectivity index (χ2v) is 6.34. The van der Waals surface area contributed by atoms with E-state index >= 15 is 0 Å². The fourth-order valence-corrected chi connectivity index (χ4v) is 3.15. The molecule has 1 aliphatic carbocycles. The lowest BCUT2D eigenvalue weighted by Gasteiger charge is -2.37. The van der Waals surface area contributed by atoms with Gasteiger partial charge in [-0.25, -0.2) is 4.98 Å². The highest BCUT2D eigenvalue weighted by Gasteiger charge is 2.36. The number of rotatable bonds is 3. The molecule has 5 nitrogen and oxygen atoms in total. The second-order valence-electron chi connectivity index (χ2n) is 6.34. The minimum atomic E-state index is 0.0477. The van der Waals surface area contributed by atoms with Crippen LogP contribution in [0.3, 0.4) is 0 Å².